The summed E-state index contributed by atoms with van der Waals surface area (Å²) in [5.41, 5.74) is 2.13. The van der Waals surface area contributed by atoms with Crippen LogP contribution in [0.4, 0.5) is 0 Å². The molecule has 0 atom stereocenters. The predicted octanol–water partition coefficient (Wildman–Crippen LogP) is 2.03. The lowest BCUT2D eigenvalue weighted by atomic mass is 10.2. The Morgan fingerprint density at radius 1 is 1.09 bits per heavy atom. The minimum atomic E-state index is 0.417. The van der Waals surface area contributed by atoms with Gasteiger partial charge in [-0.05, 0) is 24.3 Å². The van der Waals surface area contributed by atoms with E-state index in [0.717, 1.165) is 31.0 Å². The average molecular weight is 338 g/mol. The van der Waals surface area contributed by atoms with E-state index >= 15 is 0 Å². The number of methoxy groups -OCH3 is 2. The molecule has 0 saturated heterocycles. The number of nitrogens with zero attached hydrogens (tertiary/aromatic N) is 1. The summed E-state index contributed by atoms with van der Waals surface area (Å²) in [7, 11) is 3.35. The van der Waals surface area contributed by atoms with E-state index in [1.807, 2.05) is 24.3 Å². The number of ether oxygens (including phenoxy) is 3. The SMILES string of the molecule is COCC[NH2+]Cc1ccc(OCc2ccc(Cl)nc2)c(OC)c1. The van der Waals surface area contributed by atoms with Crippen LogP contribution in [0.25, 0.3) is 0 Å². The number of quaternary nitrogens is 1. The topological polar surface area (TPSA) is 57.2 Å². The second-order valence-electron chi connectivity index (χ2n) is 5.04. The van der Waals surface area contributed by atoms with E-state index in [-0.39, 0.29) is 0 Å². The molecule has 0 amide bonds. The smallest absolute Gasteiger partial charge is 0.161 e. The Bertz CT molecular complexity index is 605. The lowest BCUT2D eigenvalue weighted by Gasteiger charge is -2.12. The highest BCUT2D eigenvalue weighted by Gasteiger charge is 2.07. The normalized spacial score (nSPS) is 10.6. The highest BCUT2D eigenvalue weighted by atomic mass is 35.5. The number of nitrogens with two attached hydrogens (primary N) is 1. The van der Waals surface area contributed by atoms with Crippen LogP contribution in [-0.4, -0.2) is 32.4 Å². The minimum Gasteiger partial charge on any atom is -0.493 e. The molecule has 0 bridgehead atoms. The maximum Gasteiger partial charge on any atom is 0.161 e. The van der Waals surface area contributed by atoms with Gasteiger partial charge in [-0.25, -0.2) is 4.98 Å². The summed E-state index contributed by atoms with van der Waals surface area (Å²) in [6.07, 6.45) is 1.70. The molecule has 1 heterocycles. The first-order valence-electron chi connectivity index (χ1n) is 7.43. The van der Waals surface area contributed by atoms with Crippen LogP contribution >= 0.6 is 11.6 Å². The van der Waals surface area contributed by atoms with E-state index < -0.39 is 0 Å². The standard InChI is InChI=1S/C17H21ClN2O3/c1-21-8-7-19-10-13-3-5-15(16(9-13)22-2)23-12-14-4-6-17(18)20-11-14/h3-6,9,11,19H,7-8,10,12H2,1-2H3/p+1. The summed E-state index contributed by atoms with van der Waals surface area (Å²) in [6, 6.07) is 9.61. The Morgan fingerprint density at radius 2 is 1.91 bits per heavy atom. The second-order valence-corrected chi connectivity index (χ2v) is 5.42. The van der Waals surface area contributed by atoms with Crippen LogP contribution in [0.3, 0.4) is 0 Å². The molecule has 1 aromatic carbocycles. The zero-order valence-electron chi connectivity index (χ0n) is 13.4. The molecule has 0 aliphatic rings. The molecule has 0 fully saturated rings. The molecule has 0 aliphatic heterocycles. The Morgan fingerprint density at radius 3 is 2.61 bits per heavy atom. The molecule has 5 nitrogen and oxygen atoms in total. The van der Waals surface area contributed by atoms with Crippen molar-refractivity contribution < 1.29 is 19.5 Å². The van der Waals surface area contributed by atoms with Gasteiger partial charge in [0.05, 0.1) is 20.3 Å². The minimum absolute atomic E-state index is 0.417. The van der Waals surface area contributed by atoms with Gasteiger partial charge in [0, 0.05) is 24.4 Å². The number of halogens is 1. The Hall–Kier alpha value is -1.82. The van der Waals surface area contributed by atoms with Gasteiger partial charge in [-0.15, -0.1) is 0 Å². The van der Waals surface area contributed by atoms with E-state index in [9.17, 15) is 0 Å². The number of pyridine rings is 1. The van der Waals surface area contributed by atoms with E-state index in [1.54, 1.807) is 26.5 Å². The van der Waals surface area contributed by atoms with Crippen LogP contribution in [0.1, 0.15) is 11.1 Å². The van der Waals surface area contributed by atoms with Crippen molar-refractivity contribution >= 4 is 11.6 Å². The highest BCUT2D eigenvalue weighted by molar-refractivity contribution is 6.29. The number of hydrogen-bond donors (Lipinski definition) is 1. The summed E-state index contributed by atoms with van der Waals surface area (Å²) in [5.74, 6) is 1.44. The van der Waals surface area contributed by atoms with Crippen LogP contribution < -0.4 is 14.8 Å². The molecular formula is C17H22ClN2O3+. The molecule has 0 aliphatic carbocycles. The van der Waals surface area contributed by atoms with Crippen LogP contribution in [0.5, 0.6) is 11.5 Å². The predicted molar refractivity (Wildman–Crippen MR) is 88.9 cm³/mol. The molecule has 0 saturated carbocycles. The second kappa shape index (κ2) is 9.35. The number of rotatable bonds is 9. The van der Waals surface area contributed by atoms with Gasteiger partial charge in [0.2, 0.25) is 0 Å². The average Bonchev–Trinajstić information content (AvgIpc) is 2.58. The summed E-state index contributed by atoms with van der Waals surface area (Å²) in [5, 5.41) is 2.67. The molecular weight excluding hydrogens is 316 g/mol. The van der Waals surface area contributed by atoms with Crippen molar-refractivity contribution in [1.29, 1.82) is 0 Å². The van der Waals surface area contributed by atoms with Gasteiger partial charge in [-0.3, -0.25) is 0 Å². The Balaban J connectivity index is 1.94. The monoisotopic (exact) mass is 337 g/mol. The molecule has 6 heteroatoms. The van der Waals surface area contributed by atoms with Crippen molar-refractivity contribution in [2.45, 2.75) is 13.2 Å². The van der Waals surface area contributed by atoms with E-state index in [0.29, 0.717) is 17.5 Å². The molecule has 23 heavy (non-hydrogen) atoms. The summed E-state index contributed by atoms with van der Waals surface area (Å²) in [4.78, 5) is 4.04. The fraction of sp³-hybridized carbons (Fsp3) is 0.353. The molecule has 124 valence electrons. The van der Waals surface area contributed by atoms with Crippen molar-refractivity contribution in [2.75, 3.05) is 27.4 Å². The third kappa shape index (κ3) is 5.71. The number of hydrogen-bond acceptors (Lipinski definition) is 4. The van der Waals surface area contributed by atoms with Gasteiger partial charge in [0.25, 0.3) is 0 Å². The maximum absolute atomic E-state index is 5.81. The van der Waals surface area contributed by atoms with Crippen molar-refractivity contribution in [2.24, 2.45) is 0 Å². The fourth-order valence-corrected chi connectivity index (χ4v) is 2.19. The van der Waals surface area contributed by atoms with Crippen LogP contribution in [0.15, 0.2) is 36.5 Å². The van der Waals surface area contributed by atoms with Gasteiger partial charge in [-0.2, -0.15) is 0 Å². The highest BCUT2D eigenvalue weighted by Crippen LogP contribution is 2.28. The summed E-state index contributed by atoms with van der Waals surface area (Å²) < 4.78 is 16.3. The van der Waals surface area contributed by atoms with Crippen LogP contribution in [-0.2, 0) is 17.9 Å². The summed E-state index contributed by atoms with van der Waals surface area (Å²) in [6.45, 7) is 2.97. The third-order valence-electron chi connectivity index (χ3n) is 3.32. The third-order valence-corrected chi connectivity index (χ3v) is 3.54. The first kappa shape index (κ1) is 17.5. The first-order valence-corrected chi connectivity index (χ1v) is 7.81. The van der Waals surface area contributed by atoms with Gasteiger partial charge in [0.1, 0.15) is 18.3 Å². The lowest BCUT2D eigenvalue weighted by molar-refractivity contribution is -0.671. The number of benzene rings is 1. The maximum atomic E-state index is 5.81. The largest absolute Gasteiger partial charge is 0.493 e. The molecule has 2 aromatic rings. The van der Waals surface area contributed by atoms with Crippen molar-refractivity contribution in [3.8, 4) is 11.5 Å². The van der Waals surface area contributed by atoms with Crippen molar-refractivity contribution in [1.82, 2.24) is 4.98 Å². The molecule has 0 radical (unpaired) electrons. The fourth-order valence-electron chi connectivity index (χ4n) is 2.08. The summed E-state index contributed by atoms with van der Waals surface area (Å²) >= 11 is 5.77. The molecule has 0 spiro atoms. The molecule has 2 N–H and O–H groups in total. The molecule has 0 unspecified atom stereocenters. The van der Waals surface area contributed by atoms with Gasteiger partial charge in [0.15, 0.2) is 11.5 Å². The molecule has 1 aromatic heterocycles. The van der Waals surface area contributed by atoms with Crippen molar-refractivity contribution in [3.63, 3.8) is 0 Å². The van der Waals surface area contributed by atoms with Crippen LogP contribution in [0.2, 0.25) is 5.15 Å². The zero-order valence-corrected chi connectivity index (χ0v) is 14.2. The van der Waals surface area contributed by atoms with Gasteiger partial charge in [-0.1, -0.05) is 17.7 Å². The van der Waals surface area contributed by atoms with E-state index in [4.69, 9.17) is 25.8 Å². The van der Waals surface area contributed by atoms with Gasteiger partial charge >= 0.3 is 0 Å². The Kier molecular flexibility index (Phi) is 7.13. The quantitative estimate of drug-likeness (QED) is 0.562. The molecule has 2 rings (SSSR count). The van der Waals surface area contributed by atoms with Gasteiger partial charge < -0.3 is 19.5 Å². The Labute approximate surface area is 141 Å². The van der Waals surface area contributed by atoms with E-state index in [2.05, 4.69) is 10.3 Å². The zero-order chi connectivity index (χ0) is 16.5. The van der Waals surface area contributed by atoms with E-state index in [1.165, 1.54) is 5.56 Å². The number of aromatic nitrogens is 1. The van der Waals surface area contributed by atoms with Crippen molar-refractivity contribution in [3.05, 3.63) is 52.8 Å². The lowest BCUT2D eigenvalue weighted by Crippen LogP contribution is -2.83. The first-order chi connectivity index (χ1) is 11.2. The van der Waals surface area contributed by atoms with Crippen LogP contribution in [0, 0.1) is 0 Å².